The van der Waals surface area contributed by atoms with Gasteiger partial charge in [-0.1, -0.05) is 16.8 Å². The van der Waals surface area contributed by atoms with Crippen LogP contribution in [-0.4, -0.2) is 46.2 Å². The van der Waals surface area contributed by atoms with E-state index in [4.69, 9.17) is 16.3 Å². The monoisotopic (exact) mass is 338 g/mol. The molecule has 0 aliphatic carbocycles. The second-order valence-corrected chi connectivity index (χ2v) is 6.21. The Morgan fingerprint density at radius 1 is 1.43 bits per heavy atom. The maximum atomic E-state index is 13.1. The van der Waals surface area contributed by atoms with Gasteiger partial charge in [0.05, 0.1) is 29.2 Å². The van der Waals surface area contributed by atoms with Crippen LogP contribution in [0.15, 0.2) is 24.4 Å². The van der Waals surface area contributed by atoms with Crippen molar-refractivity contribution < 1.29 is 9.13 Å². The summed E-state index contributed by atoms with van der Waals surface area (Å²) in [5.41, 5.74) is 1.50. The van der Waals surface area contributed by atoms with Crippen molar-refractivity contribution in [1.82, 2.24) is 19.9 Å². The van der Waals surface area contributed by atoms with Crippen LogP contribution < -0.4 is 0 Å². The minimum Gasteiger partial charge on any atom is -0.381 e. The van der Waals surface area contributed by atoms with Crippen molar-refractivity contribution in [3.05, 3.63) is 40.9 Å². The molecule has 1 fully saturated rings. The van der Waals surface area contributed by atoms with Gasteiger partial charge < -0.3 is 4.74 Å². The highest BCUT2D eigenvalue weighted by atomic mass is 35.5. The molecule has 3 rings (SSSR count). The molecular formula is C16H20ClFN4O. The van der Waals surface area contributed by atoms with Crippen LogP contribution in [0.1, 0.15) is 19.0 Å². The van der Waals surface area contributed by atoms with Crippen molar-refractivity contribution in [2.45, 2.75) is 19.9 Å². The van der Waals surface area contributed by atoms with Gasteiger partial charge in [-0.15, -0.1) is 5.10 Å². The first-order chi connectivity index (χ1) is 11.2. The van der Waals surface area contributed by atoms with Crippen molar-refractivity contribution in [2.75, 3.05) is 26.3 Å². The minimum atomic E-state index is -0.364. The average Bonchev–Trinajstić information content (AvgIpc) is 3.15. The van der Waals surface area contributed by atoms with Crippen LogP contribution in [0.2, 0.25) is 5.02 Å². The third-order valence-electron chi connectivity index (χ3n) is 4.01. The van der Waals surface area contributed by atoms with Gasteiger partial charge >= 0.3 is 0 Å². The van der Waals surface area contributed by atoms with Gasteiger partial charge in [-0.05, 0) is 44.0 Å². The summed E-state index contributed by atoms with van der Waals surface area (Å²) < 4.78 is 20.2. The fourth-order valence-corrected chi connectivity index (χ4v) is 3.12. The lowest BCUT2D eigenvalue weighted by Gasteiger charge is -2.14. The van der Waals surface area contributed by atoms with Gasteiger partial charge in [-0.25, -0.2) is 9.07 Å². The predicted octanol–water partition coefficient (Wildman–Crippen LogP) is 2.92. The van der Waals surface area contributed by atoms with Crippen LogP contribution >= 0.6 is 11.6 Å². The van der Waals surface area contributed by atoms with Crippen LogP contribution in [0, 0.1) is 11.7 Å². The molecule has 0 unspecified atom stereocenters. The van der Waals surface area contributed by atoms with Crippen molar-refractivity contribution in [3.8, 4) is 5.69 Å². The number of halogens is 2. The highest BCUT2D eigenvalue weighted by Crippen LogP contribution is 2.22. The first-order valence-electron chi connectivity index (χ1n) is 7.82. The van der Waals surface area contributed by atoms with Gasteiger partial charge in [0.15, 0.2) is 0 Å². The Bertz CT molecular complexity index is 663. The van der Waals surface area contributed by atoms with Crippen LogP contribution in [0.4, 0.5) is 4.39 Å². The first kappa shape index (κ1) is 16.4. The predicted molar refractivity (Wildman–Crippen MR) is 86.2 cm³/mol. The molecule has 1 atom stereocenters. The molecule has 1 aromatic carbocycles. The molecule has 0 radical (unpaired) electrons. The Morgan fingerprint density at radius 3 is 3.09 bits per heavy atom. The molecule has 1 saturated heterocycles. The summed E-state index contributed by atoms with van der Waals surface area (Å²) in [7, 11) is 0. The molecule has 1 aliphatic heterocycles. The van der Waals surface area contributed by atoms with Crippen LogP contribution in [-0.2, 0) is 11.3 Å². The number of nitrogens with zero attached hydrogens (tertiary/aromatic N) is 4. The Balaban J connectivity index is 1.62. The maximum absolute atomic E-state index is 13.1. The molecular weight excluding hydrogens is 319 g/mol. The van der Waals surface area contributed by atoms with Gasteiger partial charge in [-0.3, -0.25) is 4.90 Å². The van der Waals surface area contributed by atoms with E-state index >= 15 is 0 Å². The van der Waals surface area contributed by atoms with Crippen LogP contribution in [0.5, 0.6) is 0 Å². The number of likely N-dealkylation sites (tertiary alicyclic amines) is 1. The molecule has 0 saturated carbocycles. The smallest absolute Gasteiger partial charge is 0.124 e. The fourth-order valence-electron chi connectivity index (χ4n) is 2.86. The Labute approximate surface area is 140 Å². The van der Waals surface area contributed by atoms with Crippen molar-refractivity contribution >= 4 is 11.6 Å². The summed E-state index contributed by atoms with van der Waals surface area (Å²) in [5, 5.41) is 8.61. The number of hydrogen-bond acceptors (Lipinski definition) is 4. The van der Waals surface area contributed by atoms with E-state index in [1.165, 1.54) is 12.1 Å². The second kappa shape index (κ2) is 7.38. The lowest BCUT2D eigenvalue weighted by atomic mass is 10.1. The first-order valence-corrected chi connectivity index (χ1v) is 8.20. The van der Waals surface area contributed by atoms with Gasteiger partial charge in [0, 0.05) is 19.7 Å². The average molecular weight is 339 g/mol. The number of benzene rings is 1. The number of aromatic nitrogens is 3. The van der Waals surface area contributed by atoms with E-state index in [1.807, 2.05) is 13.1 Å². The number of rotatable bonds is 6. The molecule has 7 heteroatoms. The van der Waals surface area contributed by atoms with Crippen molar-refractivity contribution in [3.63, 3.8) is 0 Å². The van der Waals surface area contributed by atoms with E-state index in [2.05, 4.69) is 15.2 Å². The molecule has 0 amide bonds. The number of hydrogen-bond donors (Lipinski definition) is 0. The summed E-state index contributed by atoms with van der Waals surface area (Å²) in [6, 6.07) is 4.24. The van der Waals surface area contributed by atoms with E-state index < -0.39 is 0 Å². The zero-order valence-electron chi connectivity index (χ0n) is 13.1. The molecule has 23 heavy (non-hydrogen) atoms. The molecule has 5 nitrogen and oxygen atoms in total. The largest absolute Gasteiger partial charge is 0.381 e. The topological polar surface area (TPSA) is 43.2 Å². The summed E-state index contributed by atoms with van der Waals surface area (Å²) in [6.45, 7) is 6.42. The van der Waals surface area contributed by atoms with E-state index in [1.54, 1.807) is 10.7 Å². The van der Waals surface area contributed by atoms with Gasteiger partial charge in [-0.2, -0.15) is 0 Å². The molecule has 2 aromatic rings. The van der Waals surface area contributed by atoms with Gasteiger partial charge in [0.1, 0.15) is 5.82 Å². The highest BCUT2D eigenvalue weighted by molar-refractivity contribution is 6.32. The second-order valence-electron chi connectivity index (χ2n) is 5.80. The van der Waals surface area contributed by atoms with Gasteiger partial charge in [0.2, 0.25) is 0 Å². The summed E-state index contributed by atoms with van der Waals surface area (Å²) >= 11 is 6.06. The summed E-state index contributed by atoms with van der Waals surface area (Å²) in [6.07, 6.45) is 2.99. The molecule has 124 valence electrons. The fraction of sp³-hybridized carbons (Fsp3) is 0.500. The van der Waals surface area contributed by atoms with Crippen molar-refractivity contribution in [2.24, 2.45) is 5.92 Å². The molecule has 1 aromatic heterocycles. The van der Waals surface area contributed by atoms with Crippen molar-refractivity contribution in [1.29, 1.82) is 0 Å². The third kappa shape index (κ3) is 4.07. The number of ether oxygens (including phenoxy) is 1. The lowest BCUT2D eigenvalue weighted by molar-refractivity contribution is 0.111. The lowest BCUT2D eigenvalue weighted by Crippen LogP contribution is -2.21. The SMILES string of the molecule is CCOC[C@@H]1CCN(Cc2cn(-c3ccc(F)cc3Cl)nn2)C1. The minimum absolute atomic E-state index is 0.319. The molecule has 2 heterocycles. The summed E-state index contributed by atoms with van der Waals surface area (Å²) in [5.74, 6) is 0.230. The molecule has 0 bridgehead atoms. The van der Waals surface area contributed by atoms with E-state index in [-0.39, 0.29) is 5.82 Å². The Morgan fingerprint density at radius 2 is 2.30 bits per heavy atom. The normalized spacial score (nSPS) is 18.7. The van der Waals surface area contributed by atoms with Crippen LogP contribution in [0.3, 0.4) is 0 Å². The molecule has 0 spiro atoms. The maximum Gasteiger partial charge on any atom is 0.124 e. The van der Waals surface area contributed by atoms with E-state index in [9.17, 15) is 4.39 Å². The third-order valence-corrected chi connectivity index (χ3v) is 4.31. The zero-order valence-corrected chi connectivity index (χ0v) is 13.8. The van der Waals surface area contributed by atoms with E-state index in [0.29, 0.717) is 16.6 Å². The Kier molecular flexibility index (Phi) is 5.25. The highest BCUT2D eigenvalue weighted by Gasteiger charge is 2.23. The quantitative estimate of drug-likeness (QED) is 0.812. The Hall–Kier alpha value is -1.50. The molecule has 0 N–H and O–H groups in total. The summed E-state index contributed by atoms with van der Waals surface area (Å²) in [4.78, 5) is 2.35. The van der Waals surface area contributed by atoms with E-state index in [0.717, 1.165) is 45.0 Å². The molecule has 1 aliphatic rings. The van der Waals surface area contributed by atoms with Crippen LogP contribution in [0.25, 0.3) is 5.69 Å². The zero-order chi connectivity index (χ0) is 16.2. The standard InChI is InChI=1S/C16H20ClFN4O/c1-2-23-11-12-5-6-21(8-12)9-14-10-22(20-19-14)16-4-3-13(18)7-15(16)17/h3-4,7,10,12H,2,5-6,8-9,11H2,1H3/t12-/m1/s1. The van der Waals surface area contributed by atoms with Gasteiger partial charge in [0.25, 0.3) is 0 Å².